The molecule has 1 saturated heterocycles. The second kappa shape index (κ2) is 7.10. The lowest BCUT2D eigenvalue weighted by Gasteiger charge is -2.30. The molecule has 4 heterocycles. The van der Waals surface area contributed by atoms with Gasteiger partial charge in [-0.3, -0.25) is 19.1 Å². The van der Waals surface area contributed by atoms with Crippen LogP contribution in [-0.4, -0.2) is 36.5 Å². The molecule has 8 heteroatoms. The third-order valence-corrected chi connectivity index (χ3v) is 5.54. The summed E-state index contributed by atoms with van der Waals surface area (Å²) in [5.74, 6) is -0.143. The van der Waals surface area contributed by atoms with Gasteiger partial charge in [0, 0.05) is 38.7 Å². The molecule has 1 N–H and O–H groups in total. The minimum Gasteiger partial charge on any atom is -0.353 e. The second-order valence-corrected chi connectivity index (χ2v) is 7.32. The van der Waals surface area contributed by atoms with Gasteiger partial charge in [0.05, 0.1) is 17.0 Å². The fraction of sp³-hybridized carbons (Fsp3) is 0.400. The SMILES string of the molecule is Cn1cccc1C1CCCCCN1C(=O)c1cnc2c(c1)c(=O)[nH]c(=O)n2C. The van der Waals surface area contributed by atoms with Gasteiger partial charge in [0.25, 0.3) is 11.5 Å². The number of aromatic amines is 1. The van der Waals surface area contributed by atoms with E-state index in [0.29, 0.717) is 12.1 Å². The van der Waals surface area contributed by atoms with Crippen LogP contribution in [0.25, 0.3) is 11.0 Å². The molecule has 28 heavy (non-hydrogen) atoms. The molecule has 0 spiro atoms. The number of pyridine rings is 1. The molecule has 1 fully saturated rings. The van der Waals surface area contributed by atoms with Gasteiger partial charge in [0.2, 0.25) is 0 Å². The van der Waals surface area contributed by atoms with Crippen LogP contribution in [-0.2, 0) is 14.1 Å². The number of amides is 1. The summed E-state index contributed by atoms with van der Waals surface area (Å²) >= 11 is 0. The van der Waals surface area contributed by atoms with E-state index in [0.717, 1.165) is 31.4 Å². The second-order valence-electron chi connectivity index (χ2n) is 7.32. The lowest BCUT2D eigenvalue weighted by molar-refractivity contribution is 0.0674. The summed E-state index contributed by atoms with van der Waals surface area (Å²) in [5, 5.41) is 0.234. The number of fused-ring (bicyclic) bond motifs is 1. The molecule has 8 nitrogen and oxygen atoms in total. The van der Waals surface area contributed by atoms with Crippen molar-refractivity contribution in [1.29, 1.82) is 0 Å². The van der Waals surface area contributed by atoms with Gasteiger partial charge in [-0.2, -0.15) is 0 Å². The van der Waals surface area contributed by atoms with Crippen molar-refractivity contribution in [3.05, 3.63) is 62.7 Å². The van der Waals surface area contributed by atoms with E-state index >= 15 is 0 Å². The van der Waals surface area contributed by atoms with Gasteiger partial charge in [-0.25, -0.2) is 9.78 Å². The largest absolute Gasteiger partial charge is 0.353 e. The van der Waals surface area contributed by atoms with Crippen molar-refractivity contribution in [2.24, 2.45) is 14.1 Å². The summed E-state index contributed by atoms with van der Waals surface area (Å²) in [6.45, 7) is 0.663. The Morgan fingerprint density at radius 1 is 1.21 bits per heavy atom. The Morgan fingerprint density at radius 2 is 2.04 bits per heavy atom. The highest BCUT2D eigenvalue weighted by Crippen LogP contribution is 2.31. The highest BCUT2D eigenvalue weighted by molar-refractivity contribution is 5.97. The predicted octanol–water partition coefficient (Wildman–Crippen LogP) is 1.72. The summed E-state index contributed by atoms with van der Waals surface area (Å²) in [5.41, 5.74) is 0.664. The maximum atomic E-state index is 13.4. The molecular formula is C20H23N5O3. The first-order valence-corrected chi connectivity index (χ1v) is 9.48. The van der Waals surface area contributed by atoms with Crippen LogP contribution in [0.3, 0.4) is 0 Å². The summed E-state index contributed by atoms with van der Waals surface area (Å²) in [6, 6.07) is 5.57. The maximum absolute atomic E-state index is 13.4. The van der Waals surface area contributed by atoms with Gasteiger partial charge >= 0.3 is 5.69 Å². The number of nitrogens with one attached hydrogen (secondary N) is 1. The summed E-state index contributed by atoms with van der Waals surface area (Å²) < 4.78 is 3.32. The summed E-state index contributed by atoms with van der Waals surface area (Å²) in [4.78, 5) is 45.7. The van der Waals surface area contributed by atoms with Crippen molar-refractivity contribution < 1.29 is 4.79 Å². The Morgan fingerprint density at radius 3 is 2.79 bits per heavy atom. The average Bonchev–Trinajstić information content (AvgIpc) is 2.97. The number of carbonyl (C=O) groups is 1. The van der Waals surface area contributed by atoms with E-state index < -0.39 is 11.2 Å². The van der Waals surface area contributed by atoms with Crippen LogP contribution < -0.4 is 11.2 Å². The van der Waals surface area contributed by atoms with Crippen LogP contribution in [0, 0.1) is 0 Å². The van der Waals surface area contributed by atoms with E-state index in [1.807, 2.05) is 24.2 Å². The number of nitrogens with zero attached hydrogens (tertiary/aromatic N) is 4. The van der Waals surface area contributed by atoms with Crippen LogP contribution in [0.15, 0.2) is 40.2 Å². The fourth-order valence-electron chi connectivity index (χ4n) is 4.00. The standard InChI is InChI=1S/C20H23N5O3/c1-23-9-6-8-15(23)16-7-4-3-5-10-25(16)19(27)13-11-14-17(21-12-13)24(2)20(28)22-18(14)26/h6,8-9,11-12,16H,3-5,7,10H2,1-2H3,(H,22,26,28). The van der Waals surface area contributed by atoms with Gasteiger partial charge in [0.1, 0.15) is 5.65 Å². The third-order valence-electron chi connectivity index (χ3n) is 5.54. The van der Waals surface area contributed by atoms with Gasteiger partial charge in [0.15, 0.2) is 0 Å². The molecule has 3 aromatic heterocycles. The van der Waals surface area contributed by atoms with Crippen molar-refractivity contribution in [3.63, 3.8) is 0 Å². The molecule has 1 unspecified atom stereocenters. The minimum absolute atomic E-state index is 0.0101. The zero-order valence-corrected chi connectivity index (χ0v) is 16.0. The normalized spacial score (nSPS) is 17.6. The third kappa shape index (κ3) is 3.04. The smallest absolute Gasteiger partial charge is 0.329 e. The number of aryl methyl sites for hydroxylation is 2. The van der Waals surface area contributed by atoms with Crippen LogP contribution in [0.5, 0.6) is 0 Å². The number of hydrogen-bond donors (Lipinski definition) is 1. The molecule has 3 aromatic rings. The predicted molar refractivity (Wildman–Crippen MR) is 105 cm³/mol. The number of carbonyl (C=O) groups excluding carboxylic acids is 1. The van der Waals surface area contributed by atoms with Crippen LogP contribution >= 0.6 is 0 Å². The van der Waals surface area contributed by atoms with Gasteiger partial charge in [-0.1, -0.05) is 12.8 Å². The molecule has 0 aliphatic carbocycles. The molecule has 0 bridgehead atoms. The van der Waals surface area contributed by atoms with Crippen molar-refractivity contribution in [3.8, 4) is 0 Å². The number of likely N-dealkylation sites (tertiary alicyclic amines) is 1. The first-order chi connectivity index (χ1) is 13.5. The Kier molecular flexibility index (Phi) is 4.62. The monoisotopic (exact) mass is 381 g/mol. The molecule has 0 saturated carbocycles. The fourth-order valence-corrected chi connectivity index (χ4v) is 4.00. The lowest BCUT2D eigenvalue weighted by atomic mass is 10.1. The highest BCUT2D eigenvalue weighted by atomic mass is 16.2. The molecule has 1 amide bonds. The topological polar surface area (TPSA) is 93.0 Å². The zero-order valence-electron chi connectivity index (χ0n) is 16.0. The number of rotatable bonds is 2. The van der Waals surface area contributed by atoms with E-state index in [1.165, 1.54) is 23.9 Å². The van der Waals surface area contributed by atoms with Crippen LogP contribution in [0.1, 0.15) is 47.8 Å². The zero-order chi connectivity index (χ0) is 19.8. The Hall–Kier alpha value is -3.16. The van der Waals surface area contributed by atoms with Crippen LogP contribution in [0.2, 0.25) is 0 Å². The summed E-state index contributed by atoms with van der Waals surface area (Å²) in [6.07, 6.45) is 7.44. The molecule has 4 rings (SSSR count). The lowest BCUT2D eigenvalue weighted by Crippen LogP contribution is -2.36. The van der Waals surface area contributed by atoms with Gasteiger partial charge in [-0.05, 0) is 31.0 Å². The Balaban J connectivity index is 1.77. The Bertz CT molecular complexity index is 1160. The van der Waals surface area contributed by atoms with E-state index in [1.54, 1.807) is 0 Å². The molecular weight excluding hydrogens is 358 g/mol. The first-order valence-electron chi connectivity index (χ1n) is 9.48. The molecule has 0 aromatic carbocycles. The minimum atomic E-state index is -0.532. The molecule has 1 aliphatic heterocycles. The van der Waals surface area contributed by atoms with Crippen molar-refractivity contribution >= 4 is 16.9 Å². The van der Waals surface area contributed by atoms with E-state index in [-0.39, 0.29) is 23.0 Å². The van der Waals surface area contributed by atoms with Gasteiger partial charge in [-0.15, -0.1) is 0 Å². The number of hydrogen-bond acceptors (Lipinski definition) is 4. The first kappa shape index (κ1) is 18.2. The Labute approximate surface area is 161 Å². The van der Waals surface area contributed by atoms with Crippen molar-refractivity contribution in [1.82, 2.24) is 24.0 Å². The van der Waals surface area contributed by atoms with E-state index in [2.05, 4.69) is 20.6 Å². The van der Waals surface area contributed by atoms with Gasteiger partial charge < -0.3 is 9.47 Å². The van der Waals surface area contributed by atoms with E-state index in [4.69, 9.17) is 0 Å². The van der Waals surface area contributed by atoms with Crippen molar-refractivity contribution in [2.75, 3.05) is 6.54 Å². The molecule has 146 valence electrons. The molecule has 1 atom stereocenters. The van der Waals surface area contributed by atoms with E-state index in [9.17, 15) is 14.4 Å². The highest BCUT2D eigenvalue weighted by Gasteiger charge is 2.29. The summed E-state index contributed by atoms with van der Waals surface area (Å²) in [7, 11) is 3.52. The van der Waals surface area contributed by atoms with Crippen molar-refractivity contribution in [2.45, 2.75) is 31.7 Å². The molecule has 0 radical (unpaired) electrons. The molecule has 1 aliphatic rings. The maximum Gasteiger partial charge on any atom is 0.329 e. The average molecular weight is 381 g/mol. The quantitative estimate of drug-likeness (QED) is 0.731. The van der Waals surface area contributed by atoms with Crippen LogP contribution in [0.4, 0.5) is 0 Å². The number of H-pyrrole nitrogens is 1. The number of aromatic nitrogens is 4.